The highest BCUT2D eigenvalue weighted by Gasteiger charge is 2.23. The quantitative estimate of drug-likeness (QED) is 0.636. The van der Waals surface area contributed by atoms with Crippen molar-refractivity contribution in [2.45, 2.75) is 56.6 Å². The van der Waals surface area contributed by atoms with Gasteiger partial charge in [0.15, 0.2) is 5.65 Å². The van der Waals surface area contributed by atoms with Gasteiger partial charge >= 0.3 is 6.09 Å². The fourth-order valence-electron chi connectivity index (χ4n) is 3.64. The summed E-state index contributed by atoms with van der Waals surface area (Å²) in [7, 11) is -3.74. The molecule has 2 aromatic heterocycles. The summed E-state index contributed by atoms with van der Waals surface area (Å²) < 4.78 is 32.4. The third-order valence-electron chi connectivity index (χ3n) is 5.16. The second kappa shape index (κ2) is 8.38. The number of nitrogens with zero attached hydrogens (tertiary/aromatic N) is 3. The minimum atomic E-state index is -3.74. The molecule has 1 aliphatic carbocycles. The van der Waals surface area contributed by atoms with Gasteiger partial charge in [0.1, 0.15) is 5.60 Å². The van der Waals surface area contributed by atoms with Gasteiger partial charge in [0.2, 0.25) is 0 Å². The van der Waals surface area contributed by atoms with Gasteiger partial charge in [-0.05, 0) is 69.9 Å². The van der Waals surface area contributed by atoms with Crippen LogP contribution in [-0.2, 0) is 14.8 Å². The van der Waals surface area contributed by atoms with Crippen LogP contribution in [-0.4, -0.2) is 40.3 Å². The van der Waals surface area contributed by atoms with Crippen molar-refractivity contribution >= 4 is 32.7 Å². The van der Waals surface area contributed by atoms with Crippen molar-refractivity contribution in [3.05, 3.63) is 60.4 Å². The Kier molecular flexibility index (Phi) is 5.77. The molecule has 0 saturated heterocycles. The van der Waals surface area contributed by atoms with Gasteiger partial charge in [-0.2, -0.15) is 0 Å². The summed E-state index contributed by atoms with van der Waals surface area (Å²) >= 11 is 0. The summed E-state index contributed by atoms with van der Waals surface area (Å²) in [6.07, 6.45) is 5.28. The van der Waals surface area contributed by atoms with E-state index in [1.165, 1.54) is 6.20 Å². The van der Waals surface area contributed by atoms with Crippen molar-refractivity contribution < 1.29 is 17.9 Å². The number of hydrogen-bond donors (Lipinski definition) is 1. The largest absolute Gasteiger partial charge is 0.444 e. The third kappa shape index (κ3) is 4.67. The molecule has 2 heterocycles. The molecule has 32 heavy (non-hydrogen) atoms. The molecular weight excluding hydrogens is 428 g/mol. The molecule has 0 spiro atoms. The first-order chi connectivity index (χ1) is 15.1. The zero-order chi connectivity index (χ0) is 22.9. The highest BCUT2D eigenvalue weighted by Crippen LogP contribution is 2.28. The average molecular weight is 455 g/mol. The lowest BCUT2D eigenvalue weighted by Gasteiger charge is -2.25. The molecule has 0 bridgehead atoms. The van der Waals surface area contributed by atoms with E-state index < -0.39 is 21.7 Å². The van der Waals surface area contributed by atoms with E-state index in [2.05, 4.69) is 15.5 Å². The van der Waals surface area contributed by atoms with Crippen LogP contribution in [0.15, 0.2) is 59.6 Å². The van der Waals surface area contributed by atoms with Crippen molar-refractivity contribution in [2.24, 2.45) is 0 Å². The number of amides is 1. The van der Waals surface area contributed by atoms with Crippen molar-refractivity contribution in [1.82, 2.24) is 19.5 Å². The summed E-state index contributed by atoms with van der Waals surface area (Å²) in [6, 6.07) is 11.8. The van der Waals surface area contributed by atoms with Gasteiger partial charge in [-0.3, -0.25) is 0 Å². The second-order valence-corrected chi connectivity index (χ2v) is 10.6. The number of hydrogen-bond acceptors (Lipinski definition) is 6. The van der Waals surface area contributed by atoms with Crippen LogP contribution < -0.4 is 5.32 Å². The van der Waals surface area contributed by atoms with Crippen molar-refractivity contribution in [3.63, 3.8) is 0 Å². The van der Waals surface area contributed by atoms with Crippen LogP contribution >= 0.6 is 0 Å². The Labute approximate surface area is 187 Å². The lowest BCUT2D eigenvalue weighted by Crippen LogP contribution is -2.39. The molecule has 1 aromatic carbocycles. The number of fused-ring (bicyclic) bond motifs is 1. The average Bonchev–Trinajstić information content (AvgIpc) is 3.17. The molecular formula is C23H26N4O4S. The highest BCUT2D eigenvalue weighted by molar-refractivity contribution is 7.90. The molecule has 1 unspecified atom stereocenters. The Hall–Kier alpha value is -3.20. The van der Waals surface area contributed by atoms with Crippen molar-refractivity contribution in [2.75, 3.05) is 0 Å². The van der Waals surface area contributed by atoms with Gasteiger partial charge in [-0.15, -0.1) is 10.2 Å². The predicted molar refractivity (Wildman–Crippen MR) is 122 cm³/mol. The van der Waals surface area contributed by atoms with Gasteiger partial charge in [0, 0.05) is 17.6 Å². The molecule has 0 fully saturated rings. The summed E-state index contributed by atoms with van der Waals surface area (Å²) in [6.45, 7) is 5.50. The molecule has 0 radical (unpaired) electrons. The van der Waals surface area contributed by atoms with E-state index in [-0.39, 0.29) is 10.9 Å². The number of benzene rings is 1. The van der Waals surface area contributed by atoms with E-state index in [0.717, 1.165) is 22.4 Å². The van der Waals surface area contributed by atoms with Gasteiger partial charge in [0.25, 0.3) is 10.0 Å². The van der Waals surface area contributed by atoms with E-state index in [1.807, 2.05) is 32.9 Å². The Balaban J connectivity index is 1.51. The highest BCUT2D eigenvalue weighted by atomic mass is 32.2. The molecule has 1 N–H and O–H groups in total. The van der Waals surface area contributed by atoms with E-state index in [1.54, 1.807) is 36.4 Å². The van der Waals surface area contributed by atoms with Crippen molar-refractivity contribution in [3.8, 4) is 0 Å². The van der Waals surface area contributed by atoms with Gasteiger partial charge in [-0.25, -0.2) is 17.2 Å². The maximum absolute atomic E-state index is 12.9. The van der Waals surface area contributed by atoms with E-state index in [0.29, 0.717) is 23.1 Å². The predicted octanol–water partition coefficient (Wildman–Crippen LogP) is 4.13. The van der Waals surface area contributed by atoms with Crippen LogP contribution in [0.3, 0.4) is 0 Å². The summed E-state index contributed by atoms with van der Waals surface area (Å²) in [5.41, 5.74) is 1.50. The molecule has 3 aromatic rings. The number of aromatic nitrogens is 3. The Bertz CT molecular complexity index is 1270. The van der Waals surface area contributed by atoms with Crippen LogP contribution in [0.5, 0.6) is 0 Å². The summed E-state index contributed by atoms with van der Waals surface area (Å²) in [4.78, 5) is 12.2. The molecule has 8 nitrogen and oxygen atoms in total. The van der Waals surface area contributed by atoms with Crippen LogP contribution in [0.4, 0.5) is 4.79 Å². The third-order valence-corrected chi connectivity index (χ3v) is 6.84. The first-order valence-electron chi connectivity index (χ1n) is 10.5. The molecule has 1 amide bonds. The number of carbonyl (C=O) groups excluding carboxylic acids is 1. The number of ether oxygens (including phenoxy) is 1. The lowest BCUT2D eigenvalue weighted by atomic mass is 9.93. The molecule has 0 saturated carbocycles. The number of carbonyl (C=O) groups is 1. The fraction of sp³-hybridized carbons (Fsp3) is 0.348. The monoisotopic (exact) mass is 454 g/mol. The standard InChI is InChI=1S/C23H26N4O4S/c1-23(2,3)31-22(28)24-18-11-9-16(10-12-18)20-15-17-13-14-27(21(17)26-25-20)32(29,30)19-7-5-4-6-8-19/h4-9,13-15,18H,10-12H2,1-3H3,(H,24,28). The molecule has 1 atom stereocenters. The Morgan fingerprint density at radius 1 is 1.16 bits per heavy atom. The second-order valence-electron chi connectivity index (χ2n) is 8.79. The summed E-state index contributed by atoms with van der Waals surface area (Å²) in [5, 5.41) is 12.1. The first-order valence-corrected chi connectivity index (χ1v) is 11.9. The maximum Gasteiger partial charge on any atom is 0.407 e. The van der Waals surface area contributed by atoms with Crippen molar-refractivity contribution in [1.29, 1.82) is 0 Å². The molecule has 168 valence electrons. The Morgan fingerprint density at radius 2 is 1.91 bits per heavy atom. The van der Waals surface area contributed by atoms with Crippen LogP contribution in [0.1, 0.15) is 45.7 Å². The number of alkyl carbamates (subject to hydrolysis) is 1. The minimum absolute atomic E-state index is 0.00221. The topological polar surface area (TPSA) is 103 Å². The molecule has 1 aliphatic rings. The molecule has 0 aliphatic heterocycles. The van der Waals surface area contributed by atoms with Gasteiger partial charge in [0.05, 0.1) is 10.6 Å². The van der Waals surface area contributed by atoms with Gasteiger partial charge in [-0.1, -0.05) is 24.3 Å². The fourth-order valence-corrected chi connectivity index (χ4v) is 4.96. The summed E-state index contributed by atoms with van der Waals surface area (Å²) in [5.74, 6) is 0. The zero-order valence-corrected chi connectivity index (χ0v) is 19.1. The van der Waals surface area contributed by atoms with Gasteiger partial charge < -0.3 is 10.1 Å². The Morgan fingerprint density at radius 3 is 2.56 bits per heavy atom. The molecule has 9 heteroatoms. The maximum atomic E-state index is 12.9. The van der Waals surface area contributed by atoms with E-state index >= 15 is 0 Å². The molecule has 4 rings (SSSR count). The van der Waals surface area contributed by atoms with Crippen LogP contribution in [0.2, 0.25) is 0 Å². The number of nitrogens with one attached hydrogen (secondary N) is 1. The smallest absolute Gasteiger partial charge is 0.407 e. The normalized spacial score (nSPS) is 17.1. The SMILES string of the molecule is CC(C)(C)OC(=O)NC1CC=C(c2cc3ccn(S(=O)(=O)c4ccccc4)c3nn2)CC1. The minimum Gasteiger partial charge on any atom is -0.444 e. The zero-order valence-electron chi connectivity index (χ0n) is 18.3. The first kappa shape index (κ1) is 22.0. The van der Waals surface area contributed by atoms with Crippen LogP contribution in [0, 0.1) is 0 Å². The van der Waals surface area contributed by atoms with E-state index in [4.69, 9.17) is 4.74 Å². The number of allylic oxidation sites excluding steroid dienone is 1. The lowest BCUT2D eigenvalue weighted by molar-refractivity contribution is 0.0502. The van der Waals surface area contributed by atoms with Crippen LogP contribution in [0.25, 0.3) is 16.6 Å². The van der Waals surface area contributed by atoms with E-state index in [9.17, 15) is 13.2 Å². The number of rotatable bonds is 4.